The van der Waals surface area contributed by atoms with E-state index in [-0.39, 0.29) is 0 Å². The highest BCUT2D eigenvalue weighted by Crippen LogP contribution is 2.32. The molecule has 2 atom stereocenters. The second kappa shape index (κ2) is 6.10. The van der Waals surface area contributed by atoms with E-state index in [1.165, 1.54) is 18.2 Å². The molecule has 0 aliphatic heterocycles. The summed E-state index contributed by atoms with van der Waals surface area (Å²) in [5.74, 6) is 1.95. The summed E-state index contributed by atoms with van der Waals surface area (Å²) in [7, 11) is 0. The van der Waals surface area contributed by atoms with Crippen molar-refractivity contribution in [2.45, 2.75) is 19.3 Å². The third-order valence-electron chi connectivity index (χ3n) is 4.34. The number of nitrogens with one attached hydrogen (secondary N) is 1. The Morgan fingerprint density at radius 1 is 1.20 bits per heavy atom. The Morgan fingerprint density at radius 2 is 2.05 bits per heavy atom. The normalized spacial score (nSPS) is 22.3. The van der Waals surface area contributed by atoms with Gasteiger partial charge in [0.2, 0.25) is 0 Å². The SMILES string of the molecule is OCC1CCCC1CNc1nccc2c(Br)cccc12. The number of hydrogen-bond donors (Lipinski definition) is 2. The van der Waals surface area contributed by atoms with E-state index in [9.17, 15) is 5.11 Å². The first kappa shape index (κ1) is 13.8. The summed E-state index contributed by atoms with van der Waals surface area (Å²) in [4.78, 5) is 4.47. The molecule has 1 aromatic heterocycles. The van der Waals surface area contributed by atoms with E-state index in [1.54, 1.807) is 0 Å². The summed E-state index contributed by atoms with van der Waals surface area (Å²) >= 11 is 3.58. The van der Waals surface area contributed by atoms with Gasteiger partial charge in [-0.1, -0.05) is 34.5 Å². The van der Waals surface area contributed by atoms with Crippen LogP contribution in [0, 0.1) is 11.8 Å². The van der Waals surface area contributed by atoms with E-state index in [4.69, 9.17) is 0 Å². The second-order valence-corrected chi connectivity index (χ2v) is 6.36. The molecule has 1 aliphatic rings. The van der Waals surface area contributed by atoms with E-state index in [0.717, 1.165) is 28.6 Å². The molecule has 0 bridgehead atoms. The van der Waals surface area contributed by atoms with Crippen molar-refractivity contribution in [1.82, 2.24) is 4.98 Å². The number of aliphatic hydroxyl groups excluding tert-OH is 1. The van der Waals surface area contributed by atoms with Gasteiger partial charge >= 0.3 is 0 Å². The van der Waals surface area contributed by atoms with Crippen LogP contribution in [0.3, 0.4) is 0 Å². The van der Waals surface area contributed by atoms with Gasteiger partial charge in [-0.3, -0.25) is 0 Å². The van der Waals surface area contributed by atoms with E-state index in [2.05, 4.69) is 32.3 Å². The lowest BCUT2D eigenvalue weighted by Crippen LogP contribution is -2.21. The van der Waals surface area contributed by atoms with Crippen LogP contribution in [0.25, 0.3) is 10.8 Å². The number of nitrogens with zero attached hydrogens (tertiary/aromatic N) is 1. The van der Waals surface area contributed by atoms with Crippen molar-refractivity contribution in [3.8, 4) is 0 Å². The van der Waals surface area contributed by atoms with E-state index in [0.29, 0.717) is 18.4 Å². The minimum atomic E-state index is 0.306. The number of anilines is 1. The molecule has 3 rings (SSSR count). The summed E-state index contributed by atoms with van der Waals surface area (Å²) < 4.78 is 1.09. The monoisotopic (exact) mass is 334 g/mol. The van der Waals surface area contributed by atoms with Gasteiger partial charge < -0.3 is 10.4 Å². The summed E-state index contributed by atoms with van der Waals surface area (Å²) in [5.41, 5.74) is 0. The molecule has 1 aliphatic carbocycles. The second-order valence-electron chi connectivity index (χ2n) is 5.51. The van der Waals surface area contributed by atoms with E-state index < -0.39 is 0 Å². The number of halogens is 1. The van der Waals surface area contributed by atoms with Crippen LogP contribution in [0.4, 0.5) is 5.82 Å². The van der Waals surface area contributed by atoms with Crippen LogP contribution in [0.1, 0.15) is 19.3 Å². The minimum Gasteiger partial charge on any atom is -0.396 e. The van der Waals surface area contributed by atoms with Gasteiger partial charge in [-0.25, -0.2) is 4.98 Å². The fraction of sp³-hybridized carbons (Fsp3) is 0.438. The first-order chi connectivity index (χ1) is 9.79. The van der Waals surface area contributed by atoms with Crippen LogP contribution in [-0.2, 0) is 0 Å². The van der Waals surface area contributed by atoms with Gasteiger partial charge in [0, 0.05) is 34.6 Å². The highest BCUT2D eigenvalue weighted by atomic mass is 79.9. The first-order valence-electron chi connectivity index (χ1n) is 7.17. The van der Waals surface area contributed by atoms with Crippen LogP contribution in [-0.4, -0.2) is 23.2 Å². The molecule has 0 radical (unpaired) electrons. The lowest BCUT2D eigenvalue weighted by atomic mass is 9.97. The smallest absolute Gasteiger partial charge is 0.133 e. The average molecular weight is 335 g/mol. The Hall–Kier alpha value is -1.13. The number of rotatable bonds is 4. The van der Waals surface area contributed by atoms with Crippen LogP contribution in [0.15, 0.2) is 34.9 Å². The van der Waals surface area contributed by atoms with Crippen LogP contribution in [0.2, 0.25) is 0 Å². The molecular weight excluding hydrogens is 316 g/mol. The molecule has 1 saturated carbocycles. The fourth-order valence-corrected chi connectivity index (χ4v) is 3.66. The quantitative estimate of drug-likeness (QED) is 0.893. The zero-order chi connectivity index (χ0) is 13.9. The Morgan fingerprint density at radius 3 is 2.90 bits per heavy atom. The largest absolute Gasteiger partial charge is 0.396 e. The predicted molar refractivity (Wildman–Crippen MR) is 85.8 cm³/mol. The van der Waals surface area contributed by atoms with Crippen LogP contribution < -0.4 is 5.32 Å². The highest BCUT2D eigenvalue weighted by molar-refractivity contribution is 9.10. The van der Waals surface area contributed by atoms with Gasteiger partial charge in [-0.2, -0.15) is 0 Å². The summed E-state index contributed by atoms with van der Waals surface area (Å²) in [5, 5.41) is 15.2. The molecule has 1 heterocycles. The topological polar surface area (TPSA) is 45.1 Å². The van der Waals surface area contributed by atoms with Gasteiger partial charge in [0.05, 0.1) is 0 Å². The Bertz CT molecular complexity index is 602. The van der Waals surface area contributed by atoms with Gasteiger partial charge in [-0.05, 0) is 36.8 Å². The molecule has 2 N–H and O–H groups in total. The van der Waals surface area contributed by atoms with Crippen molar-refractivity contribution in [3.63, 3.8) is 0 Å². The zero-order valence-electron chi connectivity index (χ0n) is 11.3. The van der Waals surface area contributed by atoms with Crippen molar-refractivity contribution in [3.05, 3.63) is 34.9 Å². The maximum absolute atomic E-state index is 9.39. The fourth-order valence-electron chi connectivity index (χ4n) is 3.16. The third kappa shape index (κ3) is 2.67. The zero-order valence-corrected chi connectivity index (χ0v) is 12.9. The molecule has 106 valence electrons. The molecule has 1 fully saturated rings. The van der Waals surface area contributed by atoms with Crippen LogP contribution in [0.5, 0.6) is 0 Å². The van der Waals surface area contributed by atoms with Crippen molar-refractivity contribution >= 4 is 32.5 Å². The summed E-state index contributed by atoms with van der Waals surface area (Å²) in [6.45, 7) is 1.20. The van der Waals surface area contributed by atoms with E-state index in [1.807, 2.05) is 24.4 Å². The minimum absolute atomic E-state index is 0.306. The molecular formula is C16H19BrN2O. The highest BCUT2D eigenvalue weighted by Gasteiger charge is 2.26. The number of aliphatic hydroxyl groups is 1. The molecule has 1 aromatic carbocycles. The lowest BCUT2D eigenvalue weighted by Gasteiger charge is -2.18. The van der Waals surface area contributed by atoms with Crippen molar-refractivity contribution in [1.29, 1.82) is 0 Å². The number of fused-ring (bicyclic) bond motifs is 1. The number of hydrogen-bond acceptors (Lipinski definition) is 3. The Balaban J connectivity index is 1.79. The summed E-state index contributed by atoms with van der Waals surface area (Å²) in [6.07, 6.45) is 5.42. The molecule has 0 saturated heterocycles. The Kier molecular flexibility index (Phi) is 4.22. The lowest BCUT2D eigenvalue weighted by molar-refractivity contribution is 0.199. The summed E-state index contributed by atoms with van der Waals surface area (Å²) in [6, 6.07) is 8.19. The molecule has 4 heteroatoms. The van der Waals surface area contributed by atoms with Gasteiger partial charge in [-0.15, -0.1) is 0 Å². The van der Waals surface area contributed by atoms with Crippen molar-refractivity contribution in [2.75, 3.05) is 18.5 Å². The maximum Gasteiger partial charge on any atom is 0.133 e. The molecule has 0 spiro atoms. The maximum atomic E-state index is 9.39. The van der Waals surface area contributed by atoms with Crippen LogP contribution >= 0.6 is 15.9 Å². The van der Waals surface area contributed by atoms with Gasteiger partial charge in [0.15, 0.2) is 0 Å². The number of pyridine rings is 1. The molecule has 20 heavy (non-hydrogen) atoms. The third-order valence-corrected chi connectivity index (χ3v) is 5.03. The average Bonchev–Trinajstić information content (AvgIpc) is 2.93. The molecule has 2 aromatic rings. The van der Waals surface area contributed by atoms with Gasteiger partial charge in [0.25, 0.3) is 0 Å². The molecule has 0 amide bonds. The van der Waals surface area contributed by atoms with Crippen molar-refractivity contribution in [2.24, 2.45) is 11.8 Å². The molecule has 2 unspecified atom stereocenters. The number of benzene rings is 1. The number of aromatic nitrogens is 1. The van der Waals surface area contributed by atoms with E-state index >= 15 is 0 Å². The van der Waals surface area contributed by atoms with Crippen molar-refractivity contribution < 1.29 is 5.11 Å². The standard InChI is InChI=1S/C16H19BrN2O/c17-15-6-2-5-14-13(15)7-8-18-16(14)19-9-11-3-1-4-12(11)10-20/h2,5-8,11-12,20H,1,3-4,9-10H2,(H,18,19). The predicted octanol–water partition coefficient (Wildman–Crippen LogP) is 3.82. The first-order valence-corrected chi connectivity index (χ1v) is 7.97. The Labute approximate surface area is 127 Å². The van der Waals surface area contributed by atoms with Gasteiger partial charge in [0.1, 0.15) is 5.82 Å². The molecule has 3 nitrogen and oxygen atoms in total.